The molecule has 0 bridgehead atoms. The highest BCUT2D eigenvalue weighted by atomic mass is 14.9. The van der Waals surface area contributed by atoms with Gasteiger partial charge in [0.2, 0.25) is 0 Å². The Kier molecular flexibility index (Phi) is 5.73. The molecule has 0 radical (unpaired) electrons. The first kappa shape index (κ1) is 14.0. The Morgan fingerprint density at radius 3 is 1.86 bits per heavy atom. The molecule has 0 aromatic heterocycles. The number of hydrogen-bond acceptors (Lipinski definition) is 1. The molecule has 86 valence electrons. The standard InChI is InChI=1S/C13H29N/c1-10(2)12(4)14-9-8-11(3)13(5,6)7/h10-12,14H,8-9H2,1-7H3/t11-,12-/m0/s1. The molecule has 0 amide bonds. The highest BCUT2D eigenvalue weighted by Gasteiger charge is 2.19. The molecule has 1 N–H and O–H groups in total. The molecule has 0 aliphatic rings. The Balaban J connectivity index is 3.65. The van der Waals surface area contributed by atoms with E-state index in [2.05, 4.69) is 53.8 Å². The van der Waals surface area contributed by atoms with Gasteiger partial charge in [-0.15, -0.1) is 0 Å². The minimum Gasteiger partial charge on any atom is -0.314 e. The van der Waals surface area contributed by atoms with Crippen molar-refractivity contribution in [3.8, 4) is 0 Å². The van der Waals surface area contributed by atoms with E-state index in [-0.39, 0.29) is 0 Å². The van der Waals surface area contributed by atoms with E-state index >= 15 is 0 Å². The van der Waals surface area contributed by atoms with E-state index in [9.17, 15) is 0 Å². The van der Waals surface area contributed by atoms with Crippen molar-refractivity contribution >= 4 is 0 Å². The van der Waals surface area contributed by atoms with Crippen LogP contribution in [0, 0.1) is 17.3 Å². The van der Waals surface area contributed by atoms with Gasteiger partial charge in [-0.25, -0.2) is 0 Å². The number of nitrogens with one attached hydrogen (secondary N) is 1. The maximum Gasteiger partial charge on any atom is 0.00617 e. The molecular formula is C13H29N. The lowest BCUT2D eigenvalue weighted by Crippen LogP contribution is -2.33. The molecule has 0 saturated heterocycles. The highest BCUT2D eigenvalue weighted by Crippen LogP contribution is 2.27. The minimum absolute atomic E-state index is 0.447. The van der Waals surface area contributed by atoms with Crippen LogP contribution in [-0.2, 0) is 0 Å². The second-order valence-electron chi connectivity index (χ2n) is 6.04. The van der Waals surface area contributed by atoms with Crippen molar-refractivity contribution in [2.75, 3.05) is 6.54 Å². The summed E-state index contributed by atoms with van der Waals surface area (Å²) in [6, 6.07) is 0.641. The smallest absolute Gasteiger partial charge is 0.00617 e. The quantitative estimate of drug-likeness (QED) is 0.712. The summed E-state index contributed by atoms with van der Waals surface area (Å²) >= 11 is 0. The zero-order valence-electron chi connectivity index (χ0n) is 11.1. The van der Waals surface area contributed by atoms with E-state index in [1.165, 1.54) is 6.42 Å². The van der Waals surface area contributed by atoms with E-state index in [0.29, 0.717) is 11.5 Å². The first-order valence-electron chi connectivity index (χ1n) is 5.98. The average Bonchev–Trinajstić information content (AvgIpc) is 2.01. The van der Waals surface area contributed by atoms with Gasteiger partial charge in [0.05, 0.1) is 0 Å². The molecule has 0 aliphatic heterocycles. The summed E-state index contributed by atoms with van der Waals surface area (Å²) in [5, 5.41) is 3.59. The highest BCUT2D eigenvalue weighted by molar-refractivity contribution is 4.72. The van der Waals surface area contributed by atoms with E-state index in [1.807, 2.05) is 0 Å². The van der Waals surface area contributed by atoms with Gasteiger partial charge in [0.1, 0.15) is 0 Å². The molecule has 0 rings (SSSR count). The lowest BCUT2D eigenvalue weighted by molar-refractivity contribution is 0.240. The topological polar surface area (TPSA) is 12.0 Å². The number of hydrogen-bond donors (Lipinski definition) is 1. The van der Waals surface area contributed by atoms with E-state index in [0.717, 1.165) is 18.4 Å². The van der Waals surface area contributed by atoms with Crippen molar-refractivity contribution in [3.63, 3.8) is 0 Å². The predicted molar refractivity (Wildman–Crippen MR) is 65.5 cm³/mol. The van der Waals surface area contributed by atoms with Gasteiger partial charge >= 0.3 is 0 Å². The average molecular weight is 199 g/mol. The summed E-state index contributed by atoms with van der Waals surface area (Å²) < 4.78 is 0. The summed E-state index contributed by atoms with van der Waals surface area (Å²) in [5.74, 6) is 1.52. The third-order valence-corrected chi connectivity index (χ3v) is 3.52. The Hall–Kier alpha value is -0.0400. The van der Waals surface area contributed by atoms with Crippen LogP contribution in [0.4, 0.5) is 0 Å². The van der Waals surface area contributed by atoms with Crippen molar-refractivity contribution in [3.05, 3.63) is 0 Å². The van der Waals surface area contributed by atoms with Crippen LogP contribution >= 0.6 is 0 Å². The molecule has 1 nitrogen and oxygen atoms in total. The Morgan fingerprint density at radius 2 is 1.50 bits per heavy atom. The van der Waals surface area contributed by atoms with Crippen LogP contribution in [0.3, 0.4) is 0 Å². The summed E-state index contributed by atoms with van der Waals surface area (Å²) in [6.45, 7) is 17.3. The van der Waals surface area contributed by atoms with Crippen LogP contribution < -0.4 is 5.32 Å². The third-order valence-electron chi connectivity index (χ3n) is 3.52. The van der Waals surface area contributed by atoms with Crippen LogP contribution in [0.5, 0.6) is 0 Å². The SMILES string of the molecule is CC(C)[C@H](C)NCC[C@H](C)C(C)(C)C. The molecule has 0 aromatic rings. The van der Waals surface area contributed by atoms with Crippen molar-refractivity contribution in [1.82, 2.24) is 5.32 Å². The predicted octanol–water partition coefficient (Wildman–Crippen LogP) is 3.69. The molecule has 0 unspecified atom stereocenters. The van der Waals surface area contributed by atoms with Crippen LogP contribution in [-0.4, -0.2) is 12.6 Å². The van der Waals surface area contributed by atoms with Crippen molar-refractivity contribution in [2.45, 2.75) is 60.9 Å². The molecule has 0 heterocycles. The van der Waals surface area contributed by atoms with Gasteiger partial charge < -0.3 is 5.32 Å². The van der Waals surface area contributed by atoms with Crippen molar-refractivity contribution in [1.29, 1.82) is 0 Å². The third kappa shape index (κ3) is 5.64. The zero-order chi connectivity index (χ0) is 11.4. The van der Waals surface area contributed by atoms with Gasteiger partial charge in [-0.2, -0.15) is 0 Å². The van der Waals surface area contributed by atoms with Gasteiger partial charge in [0, 0.05) is 6.04 Å². The molecule has 1 heteroatoms. The van der Waals surface area contributed by atoms with Crippen LogP contribution in [0.2, 0.25) is 0 Å². The van der Waals surface area contributed by atoms with Gasteiger partial charge in [-0.1, -0.05) is 41.5 Å². The van der Waals surface area contributed by atoms with Crippen LogP contribution in [0.25, 0.3) is 0 Å². The van der Waals surface area contributed by atoms with Crippen molar-refractivity contribution in [2.24, 2.45) is 17.3 Å². The zero-order valence-corrected chi connectivity index (χ0v) is 11.1. The summed E-state index contributed by atoms with van der Waals surface area (Å²) in [4.78, 5) is 0. The normalized spacial score (nSPS) is 17.1. The van der Waals surface area contributed by atoms with E-state index in [1.54, 1.807) is 0 Å². The molecule has 0 aromatic carbocycles. The Bertz CT molecular complexity index is 144. The number of rotatable bonds is 5. The van der Waals surface area contributed by atoms with Crippen molar-refractivity contribution < 1.29 is 0 Å². The van der Waals surface area contributed by atoms with Gasteiger partial charge in [-0.3, -0.25) is 0 Å². The summed E-state index contributed by atoms with van der Waals surface area (Å²) in [6.07, 6.45) is 1.28. The maximum absolute atomic E-state index is 3.59. The largest absolute Gasteiger partial charge is 0.314 e. The molecule has 0 spiro atoms. The second kappa shape index (κ2) is 5.75. The molecule has 14 heavy (non-hydrogen) atoms. The van der Waals surface area contributed by atoms with Gasteiger partial charge in [0.15, 0.2) is 0 Å². The first-order chi connectivity index (χ1) is 6.25. The molecular weight excluding hydrogens is 170 g/mol. The second-order valence-corrected chi connectivity index (χ2v) is 6.04. The van der Waals surface area contributed by atoms with Gasteiger partial charge in [0.25, 0.3) is 0 Å². The fourth-order valence-corrected chi connectivity index (χ4v) is 1.20. The Labute approximate surface area is 90.7 Å². The fourth-order valence-electron chi connectivity index (χ4n) is 1.20. The first-order valence-corrected chi connectivity index (χ1v) is 5.98. The summed E-state index contributed by atoms with van der Waals surface area (Å²) in [5.41, 5.74) is 0.447. The molecule has 0 saturated carbocycles. The molecule has 0 fully saturated rings. The van der Waals surface area contributed by atoms with Gasteiger partial charge in [-0.05, 0) is 37.1 Å². The lowest BCUT2D eigenvalue weighted by atomic mass is 9.80. The molecule has 2 atom stereocenters. The summed E-state index contributed by atoms with van der Waals surface area (Å²) in [7, 11) is 0. The van der Waals surface area contributed by atoms with E-state index < -0.39 is 0 Å². The van der Waals surface area contributed by atoms with Crippen LogP contribution in [0.15, 0.2) is 0 Å². The Morgan fingerprint density at radius 1 is 1.00 bits per heavy atom. The van der Waals surface area contributed by atoms with Crippen LogP contribution in [0.1, 0.15) is 54.9 Å². The minimum atomic E-state index is 0.447. The fraction of sp³-hybridized carbons (Fsp3) is 1.00. The monoisotopic (exact) mass is 199 g/mol. The lowest BCUT2D eigenvalue weighted by Gasteiger charge is -2.28. The maximum atomic E-state index is 3.59. The molecule has 0 aliphatic carbocycles. The van der Waals surface area contributed by atoms with E-state index in [4.69, 9.17) is 0 Å².